The van der Waals surface area contributed by atoms with Crippen LogP contribution in [0.3, 0.4) is 0 Å². The van der Waals surface area contributed by atoms with E-state index < -0.39 is 15.9 Å². The molecular formula is C22H25N5O4S. The Kier molecular flexibility index (Phi) is 7.37. The first kappa shape index (κ1) is 23.1. The van der Waals surface area contributed by atoms with E-state index >= 15 is 0 Å². The first-order valence-electron chi connectivity index (χ1n) is 10.1. The first-order valence-corrected chi connectivity index (χ1v) is 11.6. The van der Waals surface area contributed by atoms with Crippen LogP contribution in [0.15, 0.2) is 59.9 Å². The molecule has 3 rings (SSSR count). The van der Waals surface area contributed by atoms with Crippen molar-refractivity contribution >= 4 is 21.7 Å². The van der Waals surface area contributed by atoms with E-state index in [1.165, 1.54) is 18.3 Å². The zero-order valence-electron chi connectivity index (χ0n) is 18.1. The van der Waals surface area contributed by atoms with Gasteiger partial charge in [0.1, 0.15) is 6.61 Å². The number of rotatable bonds is 9. The lowest BCUT2D eigenvalue weighted by Crippen LogP contribution is -2.32. The van der Waals surface area contributed by atoms with Gasteiger partial charge >= 0.3 is 0 Å². The maximum Gasteiger partial charge on any atom is 0.271 e. The van der Waals surface area contributed by atoms with Crippen molar-refractivity contribution < 1.29 is 17.9 Å². The lowest BCUT2D eigenvalue weighted by Gasteiger charge is -2.14. The number of nitrogens with one attached hydrogen (secondary N) is 2. The van der Waals surface area contributed by atoms with Gasteiger partial charge in [-0.15, -0.1) is 0 Å². The van der Waals surface area contributed by atoms with Gasteiger partial charge in [-0.05, 0) is 38.5 Å². The van der Waals surface area contributed by atoms with Crippen LogP contribution in [0.25, 0.3) is 0 Å². The minimum absolute atomic E-state index is 0.0183. The van der Waals surface area contributed by atoms with Crippen LogP contribution in [-0.4, -0.2) is 35.3 Å². The van der Waals surface area contributed by atoms with Crippen LogP contribution in [0.5, 0.6) is 5.88 Å². The summed E-state index contributed by atoms with van der Waals surface area (Å²) in [7, 11) is -3.94. The van der Waals surface area contributed by atoms with Gasteiger partial charge in [-0.25, -0.2) is 18.4 Å². The van der Waals surface area contributed by atoms with Gasteiger partial charge in [-0.3, -0.25) is 14.5 Å². The molecule has 1 atom stereocenters. The van der Waals surface area contributed by atoms with Crippen molar-refractivity contribution in [2.24, 2.45) is 0 Å². The monoisotopic (exact) mass is 455 g/mol. The zero-order valence-corrected chi connectivity index (χ0v) is 18.9. The van der Waals surface area contributed by atoms with Gasteiger partial charge in [0, 0.05) is 24.0 Å². The van der Waals surface area contributed by atoms with Crippen LogP contribution in [0.1, 0.15) is 41.9 Å². The van der Waals surface area contributed by atoms with Crippen LogP contribution in [0.4, 0.5) is 5.82 Å². The number of carbonyl (C=O) groups excluding carboxylic acids is 1. The molecule has 2 aromatic heterocycles. The van der Waals surface area contributed by atoms with Crippen LogP contribution in [-0.2, 0) is 16.6 Å². The van der Waals surface area contributed by atoms with E-state index in [1.54, 1.807) is 36.7 Å². The maximum atomic E-state index is 12.8. The fourth-order valence-corrected chi connectivity index (χ4v) is 3.60. The van der Waals surface area contributed by atoms with Crippen molar-refractivity contribution in [1.29, 1.82) is 0 Å². The average Bonchev–Trinajstić information content (AvgIpc) is 2.79. The van der Waals surface area contributed by atoms with Gasteiger partial charge in [0.05, 0.1) is 11.1 Å². The Bertz CT molecular complexity index is 1170. The number of hydrogen-bond donors (Lipinski definition) is 2. The van der Waals surface area contributed by atoms with Gasteiger partial charge in [0.25, 0.3) is 21.8 Å². The molecule has 0 spiro atoms. The molecule has 1 aromatic carbocycles. The molecule has 0 aliphatic heterocycles. The molecule has 2 heterocycles. The highest BCUT2D eigenvalue weighted by Gasteiger charge is 2.21. The minimum atomic E-state index is -3.94. The van der Waals surface area contributed by atoms with Gasteiger partial charge in [0.2, 0.25) is 5.82 Å². The Morgan fingerprint density at radius 2 is 1.91 bits per heavy atom. The number of nitrogens with zero attached hydrogens (tertiary/aromatic N) is 3. The third-order valence-electron chi connectivity index (χ3n) is 4.62. The summed E-state index contributed by atoms with van der Waals surface area (Å²) >= 11 is 0. The van der Waals surface area contributed by atoms with Crippen molar-refractivity contribution in [3.8, 4) is 5.88 Å². The Morgan fingerprint density at radius 1 is 1.16 bits per heavy atom. The molecule has 0 fully saturated rings. The number of carbonyl (C=O) groups is 1. The largest absolute Gasteiger partial charge is 0.470 e. The van der Waals surface area contributed by atoms with E-state index in [4.69, 9.17) is 4.74 Å². The van der Waals surface area contributed by atoms with Crippen LogP contribution < -0.4 is 14.8 Å². The molecule has 2 N–H and O–H groups in total. The second-order valence-corrected chi connectivity index (χ2v) is 8.94. The normalized spacial score (nSPS) is 12.1. The number of benzene rings is 1. The fraction of sp³-hybridized carbons (Fsp3) is 0.273. The van der Waals surface area contributed by atoms with Crippen molar-refractivity contribution in [1.82, 2.24) is 20.3 Å². The molecular weight excluding hydrogens is 430 g/mol. The molecule has 10 heteroatoms. The molecule has 3 aromatic rings. The van der Waals surface area contributed by atoms with Crippen molar-refractivity contribution in [2.45, 2.75) is 44.7 Å². The van der Waals surface area contributed by atoms with E-state index in [2.05, 4.69) is 25.0 Å². The summed E-state index contributed by atoms with van der Waals surface area (Å²) in [5.74, 6) is -0.651. The van der Waals surface area contributed by atoms with Crippen molar-refractivity contribution in [2.75, 3.05) is 4.72 Å². The summed E-state index contributed by atoms with van der Waals surface area (Å²) < 4.78 is 33.8. The molecule has 0 radical (unpaired) electrons. The molecule has 168 valence electrons. The predicted molar refractivity (Wildman–Crippen MR) is 120 cm³/mol. The van der Waals surface area contributed by atoms with Gasteiger partial charge < -0.3 is 10.1 Å². The Morgan fingerprint density at radius 3 is 2.56 bits per heavy atom. The molecule has 0 saturated heterocycles. The molecule has 9 nitrogen and oxygen atoms in total. The van der Waals surface area contributed by atoms with Crippen LogP contribution in [0.2, 0.25) is 0 Å². The number of ether oxygens (including phenoxy) is 1. The zero-order chi connectivity index (χ0) is 23.1. The van der Waals surface area contributed by atoms with Gasteiger partial charge in [-0.2, -0.15) is 0 Å². The number of anilines is 1. The average molecular weight is 456 g/mol. The van der Waals surface area contributed by atoms with Gasteiger partial charge in [0.15, 0.2) is 5.69 Å². The van der Waals surface area contributed by atoms with E-state index in [0.717, 1.165) is 17.5 Å². The highest BCUT2D eigenvalue weighted by molar-refractivity contribution is 7.92. The predicted octanol–water partition coefficient (Wildman–Crippen LogP) is 3.09. The molecule has 1 amide bonds. The lowest BCUT2D eigenvalue weighted by atomic mass is 10.2. The number of aryl methyl sites for hydroxylation is 1. The lowest BCUT2D eigenvalue weighted by molar-refractivity contribution is 0.0932. The van der Waals surface area contributed by atoms with Crippen LogP contribution >= 0.6 is 0 Å². The molecule has 0 bridgehead atoms. The number of sulfonamides is 1. The second-order valence-electron chi connectivity index (χ2n) is 7.26. The molecule has 32 heavy (non-hydrogen) atoms. The highest BCUT2D eigenvalue weighted by atomic mass is 32.2. The smallest absolute Gasteiger partial charge is 0.271 e. The summed E-state index contributed by atoms with van der Waals surface area (Å²) in [5, 5.41) is 2.80. The number of aromatic nitrogens is 3. The Balaban J connectivity index is 1.90. The molecule has 1 unspecified atom stereocenters. The summed E-state index contributed by atoms with van der Waals surface area (Å²) in [4.78, 5) is 24.9. The third kappa shape index (κ3) is 6.01. The summed E-state index contributed by atoms with van der Waals surface area (Å²) in [5.41, 5.74) is 1.70. The molecule has 0 aliphatic carbocycles. The van der Waals surface area contributed by atoms with E-state index in [1.807, 2.05) is 20.8 Å². The van der Waals surface area contributed by atoms with Crippen molar-refractivity contribution in [3.63, 3.8) is 0 Å². The Hall–Kier alpha value is -3.53. The number of pyridine rings is 1. The first-order chi connectivity index (χ1) is 15.3. The summed E-state index contributed by atoms with van der Waals surface area (Å²) in [6, 6.07) is 9.89. The topological polar surface area (TPSA) is 123 Å². The van der Waals surface area contributed by atoms with Crippen LogP contribution in [0, 0.1) is 6.92 Å². The second kappa shape index (κ2) is 10.2. The summed E-state index contributed by atoms with van der Waals surface area (Å²) in [6.45, 7) is 5.75. The van der Waals surface area contributed by atoms with Gasteiger partial charge in [-0.1, -0.05) is 30.7 Å². The quantitative estimate of drug-likeness (QED) is 0.508. The third-order valence-corrected chi connectivity index (χ3v) is 5.98. The number of hydrogen-bond acceptors (Lipinski definition) is 7. The standard InChI is InChI=1S/C22H25N5O4S/c1-4-16(3)25-21(28)19-13-24-20(22(26-19)31-14-17-6-5-11-23-12-17)27-32(29,30)18-9-7-15(2)8-10-18/h5-13,16H,4,14H2,1-3H3,(H,24,27)(H,25,28). The SMILES string of the molecule is CCC(C)NC(=O)c1cnc(NS(=O)(=O)c2ccc(C)cc2)c(OCc2cccnc2)n1. The maximum absolute atomic E-state index is 12.8. The highest BCUT2D eigenvalue weighted by Crippen LogP contribution is 2.24. The van der Waals surface area contributed by atoms with Crippen molar-refractivity contribution in [3.05, 3.63) is 71.8 Å². The Labute approximate surface area is 187 Å². The van der Waals surface area contributed by atoms with E-state index in [0.29, 0.717) is 0 Å². The fourth-order valence-electron chi connectivity index (χ4n) is 2.59. The van der Waals surface area contributed by atoms with E-state index in [-0.39, 0.29) is 34.9 Å². The minimum Gasteiger partial charge on any atom is -0.470 e. The molecule has 0 saturated carbocycles. The van der Waals surface area contributed by atoms with E-state index in [9.17, 15) is 13.2 Å². The summed E-state index contributed by atoms with van der Waals surface area (Å²) in [6.07, 6.45) is 5.20. The molecule has 0 aliphatic rings. The number of amides is 1.